The first-order valence-electron chi connectivity index (χ1n) is 3.64. The number of aromatic amines is 1. The lowest BCUT2D eigenvalue weighted by Gasteiger charge is -2.08. The molecule has 1 heterocycles. The number of hydrogen-bond acceptors (Lipinski definition) is 4. The van der Waals surface area contributed by atoms with Crippen LogP contribution in [0, 0.1) is 0 Å². The lowest BCUT2D eigenvalue weighted by Crippen LogP contribution is -2.27. The second kappa shape index (κ2) is 3.70. The van der Waals surface area contributed by atoms with Crippen molar-refractivity contribution in [2.75, 3.05) is 5.32 Å². The van der Waals surface area contributed by atoms with E-state index in [9.17, 15) is 9.59 Å². The summed E-state index contributed by atoms with van der Waals surface area (Å²) in [5.74, 6) is -0.646. The molecule has 0 aliphatic rings. The Labute approximate surface area is 73.6 Å². The van der Waals surface area contributed by atoms with Crippen LogP contribution in [0.1, 0.15) is 6.92 Å². The third-order valence-electron chi connectivity index (χ3n) is 1.42. The predicted octanol–water partition coefficient (Wildman–Crippen LogP) is -0.345. The summed E-state index contributed by atoms with van der Waals surface area (Å²) < 4.78 is 0. The fraction of sp³-hybridized carbons (Fsp3) is 0.286. The first kappa shape index (κ1) is 9.24. The second-order valence-corrected chi connectivity index (χ2v) is 2.49. The highest BCUT2D eigenvalue weighted by molar-refractivity contribution is 5.76. The van der Waals surface area contributed by atoms with Gasteiger partial charge in [-0.15, -0.1) is 0 Å². The number of rotatable bonds is 3. The minimum atomic E-state index is -0.988. The van der Waals surface area contributed by atoms with E-state index in [1.54, 1.807) is 0 Å². The Morgan fingerprint density at radius 3 is 3.00 bits per heavy atom. The first-order chi connectivity index (χ1) is 6.09. The highest BCUT2D eigenvalue weighted by Crippen LogP contribution is 1.98. The highest BCUT2D eigenvalue weighted by atomic mass is 16.4. The van der Waals surface area contributed by atoms with Gasteiger partial charge in [-0.2, -0.15) is 0 Å². The van der Waals surface area contributed by atoms with E-state index in [2.05, 4.69) is 15.3 Å². The molecule has 70 valence electrons. The lowest BCUT2D eigenvalue weighted by molar-refractivity contribution is -0.137. The number of carboxylic acids is 1. The Bertz CT molecular complexity index is 360. The molecule has 1 unspecified atom stereocenters. The number of aliphatic carboxylic acids is 1. The molecule has 6 nitrogen and oxygen atoms in total. The van der Waals surface area contributed by atoms with Gasteiger partial charge in [0, 0.05) is 6.20 Å². The minimum Gasteiger partial charge on any atom is -0.480 e. The van der Waals surface area contributed by atoms with Crippen LogP contribution in [0.3, 0.4) is 0 Å². The molecule has 1 aromatic heterocycles. The van der Waals surface area contributed by atoms with Crippen molar-refractivity contribution in [2.45, 2.75) is 13.0 Å². The van der Waals surface area contributed by atoms with E-state index in [0.717, 1.165) is 0 Å². The fourth-order valence-electron chi connectivity index (χ4n) is 0.748. The molecule has 0 aliphatic heterocycles. The van der Waals surface area contributed by atoms with Crippen LogP contribution >= 0.6 is 0 Å². The van der Waals surface area contributed by atoms with Gasteiger partial charge in [0.1, 0.15) is 11.9 Å². The molecule has 1 rings (SSSR count). The Morgan fingerprint density at radius 1 is 1.77 bits per heavy atom. The van der Waals surface area contributed by atoms with Gasteiger partial charge in [-0.1, -0.05) is 0 Å². The number of nitrogens with one attached hydrogen (secondary N) is 2. The van der Waals surface area contributed by atoms with Crippen molar-refractivity contribution in [3.63, 3.8) is 0 Å². The Morgan fingerprint density at radius 2 is 2.46 bits per heavy atom. The van der Waals surface area contributed by atoms with E-state index >= 15 is 0 Å². The number of anilines is 1. The Balaban J connectivity index is 2.75. The number of hydrogen-bond donors (Lipinski definition) is 3. The molecular weight excluding hydrogens is 174 g/mol. The molecule has 0 saturated carbocycles. The first-order valence-corrected chi connectivity index (χ1v) is 3.64. The van der Waals surface area contributed by atoms with Gasteiger partial charge >= 0.3 is 11.7 Å². The summed E-state index contributed by atoms with van der Waals surface area (Å²) in [5.41, 5.74) is -0.511. The molecular formula is C7H9N3O3. The summed E-state index contributed by atoms with van der Waals surface area (Å²) >= 11 is 0. The molecule has 0 radical (unpaired) electrons. The molecule has 0 spiro atoms. The third kappa shape index (κ3) is 2.58. The Kier molecular flexibility index (Phi) is 2.63. The van der Waals surface area contributed by atoms with Gasteiger partial charge in [0.2, 0.25) is 0 Å². The molecule has 0 aromatic carbocycles. The zero-order chi connectivity index (χ0) is 9.84. The predicted molar refractivity (Wildman–Crippen MR) is 45.6 cm³/mol. The summed E-state index contributed by atoms with van der Waals surface area (Å²) in [5, 5.41) is 11.1. The van der Waals surface area contributed by atoms with Crippen molar-refractivity contribution in [1.82, 2.24) is 9.97 Å². The maximum absolute atomic E-state index is 10.7. The SMILES string of the molecule is CC(Nc1ccnc(=O)[nH]1)C(=O)O. The van der Waals surface area contributed by atoms with Gasteiger partial charge in [0.05, 0.1) is 0 Å². The summed E-state index contributed by atoms with van der Waals surface area (Å²) in [7, 11) is 0. The molecule has 1 aromatic rings. The second-order valence-electron chi connectivity index (χ2n) is 2.49. The zero-order valence-corrected chi connectivity index (χ0v) is 6.94. The van der Waals surface area contributed by atoms with Crippen LogP contribution in [0.25, 0.3) is 0 Å². The standard InChI is InChI=1S/C7H9N3O3/c1-4(6(11)12)9-5-2-3-8-7(13)10-5/h2-4H,1H3,(H,11,12)(H2,8,9,10,13). The van der Waals surface area contributed by atoms with Crippen LogP contribution in [-0.4, -0.2) is 27.1 Å². The van der Waals surface area contributed by atoms with E-state index in [0.29, 0.717) is 5.82 Å². The molecule has 1 atom stereocenters. The van der Waals surface area contributed by atoms with Crippen molar-refractivity contribution < 1.29 is 9.90 Å². The fourth-order valence-corrected chi connectivity index (χ4v) is 0.748. The van der Waals surface area contributed by atoms with Crippen molar-refractivity contribution >= 4 is 11.8 Å². The molecule has 0 bridgehead atoms. The molecule has 3 N–H and O–H groups in total. The molecule has 0 amide bonds. The molecule has 13 heavy (non-hydrogen) atoms. The monoisotopic (exact) mass is 183 g/mol. The zero-order valence-electron chi connectivity index (χ0n) is 6.94. The smallest absolute Gasteiger partial charge is 0.346 e. The summed E-state index contributed by atoms with van der Waals surface area (Å²) in [6.45, 7) is 1.47. The van der Waals surface area contributed by atoms with Gasteiger partial charge in [0.25, 0.3) is 0 Å². The summed E-state index contributed by atoms with van der Waals surface area (Å²) in [6, 6.07) is 0.735. The molecule has 0 aliphatic carbocycles. The number of carboxylic acid groups (broad SMARTS) is 1. The quantitative estimate of drug-likeness (QED) is 0.595. The van der Waals surface area contributed by atoms with Gasteiger partial charge in [-0.05, 0) is 13.0 Å². The maximum atomic E-state index is 10.7. The molecule has 0 fully saturated rings. The topological polar surface area (TPSA) is 95.1 Å². The van der Waals surface area contributed by atoms with E-state index in [1.165, 1.54) is 19.2 Å². The van der Waals surface area contributed by atoms with Crippen molar-refractivity contribution in [3.05, 3.63) is 22.7 Å². The van der Waals surface area contributed by atoms with Crippen LogP contribution in [0.4, 0.5) is 5.82 Å². The van der Waals surface area contributed by atoms with Gasteiger partial charge in [-0.3, -0.25) is 9.78 Å². The average molecular weight is 183 g/mol. The van der Waals surface area contributed by atoms with Gasteiger partial charge in [0.15, 0.2) is 0 Å². The highest BCUT2D eigenvalue weighted by Gasteiger charge is 2.09. The number of carbonyl (C=O) groups is 1. The number of nitrogens with zero attached hydrogens (tertiary/aromatic N) is 1. The normalized spacial score (nSPS) is 12.1. The van der Waals surface area contributed by atoms with E-state index in [-0.39, 0.29) is 0 Å². The minimum absolute atomic E-state index is 0.343. The van der Waals surface area contributed by atoms with Crippen LogP contribution in [0.15, 0.2) is 17.1 Å². The van der Waals surface area contributed by atoms with Gasteiger partial charge in [-0.25, -0.2) is 9.78 Å². The number of aromatic nitrogens is 2. The van der Waals surface area contributed by atoms with Crippen LogP contribution in [-0.2, 0) is 4.79 Å². The summed E-state index contributed by atoms with van der Waals surface area (Å²) in [4.78, 5) is 26.9. The Hall–Kier alpha value is -1.85. The van der Waals surface area contributed by atoms with Crippen molar-refractivity contribution in [2.24, 2.45) is 0 Å². The van der Waals surface area contributed by atoms with Crippen LogP contribution in [0.5, 0.6) is 0 Å². The van der Waals surface area contributed by atoms with Crippen LogP contribution in [0.2, 0.25) is 0 Å². The largest absolute Gasteiger partial charge is 0.480 e. The van der Waals surface area contributed by atoms with E-state index < -0.39 is 17.7 Å². The molecule has 6 heteroatoms. The number of H-pyrrole nitrogens is 1. The third-order valence-corrected chi connectivity index (χ3v) is 1.42. The maximum Gasteiger partial charge on any atom is 0.346 e. The van der Waals surface area contributed by atoms with Crippen molar-refractivity contribution in [1.29, 1.82) is 0 Å². The van der Waals surface area contributed by atoms with E-state index in [1.807, 2.05) is 0 Å². The molecule has 0 saturated heterocycles. The lowest BCUT2D eigenvalue weighted by atomic mass is 10.3. The van der Waals surface area contributed by atoms with Crippen LogP contribution < -0.4 is 11.0 Å². The van der Waals surface area contributed by atoms with E-state index in [4.69, 9.17) is 5.11 Å². The van der Waals surface area contributed by atoms with Crippen molar-refractivity contribution in [3.8, 4) is 0 Å². The summed E-state index contributed by atoms with van der Waals surface area (Å²) in [6.07, 6.45) is 1.30. The average Bonchev–Trinajstić information content (AvgIpc) is 2.04. The van der Waals surface area contributed by atoms with Gasteiger partial charge < -0.3 is 10.4 Å².